The summed E-state index contributed by atoms with van der Waals surface area (Å²) < 4.78 is 7.03. The fourth-order valence-corrected chi connectivity index (χ4v) is 2.21. The van der Waals surface area contributed by atoms with E-state index >= 15 is 0 Å². The van der Waals surface area contributed by atoms with Crippen molar-refractivity contribution in [2.75, 3.05) is 5.32 Å². The highest BCUT2D eigenvalue weighted by molar-refractivity contribution is 6.04. The molecule has 0 atom stereocenters. The van der Waals surface area contributed by atoms with Crippen molar-refractivity contribution in [3.63, 3.8) is 0 Å². The number of carbonyl (C=O) groups is 1. The summed E-state index contributed by atoms with van der Waals surface area (Å²) in [6, 6.07) is 5.54. The molecule has 3 heterocycles. The molecular formula is C16H16N4O2. The van der Waals surface area contributed by atoms with Crippen molar-refractivity contribution < 1.29 is 9.21 Å². The molecule has 0 aliphatic rings. The van der Waals surface area contributed by atoms with Crippen molar-refractivity contribution in [1.82, 2.24) is 14.8 Å². The van der Waals surface area contributed by atoms with Gasteiger partial charge in [-0.2, -0.15) is 5.10 Å². The van der Waals surface area contributed by atoms with Crippen LogP contribution in [-0.4, -0.2) is 20.7 Å². The Morgan fingerprint density at radius 3 is 2.91 bits per heavy atom. The van der Waals surface area contributed by atoms with Gasteiger partial charge in [-0.05, 0) is 23.8 Å². The Kier molecular flexibility index (Phi) is 4.00. The predicted molar refractivity (Wildman–Crippen MR) is 81.6 cm³/mol. The molecule has 0 radical (unpaired) electrons. The van der Waals surface area contributed by atoms with Gasteiger partial charge in [0.05, 0.1) is 30.3 Å². The first-order valence-corrected chi connectivity index (χ1v) is 7.05. The van der Waals surface area contributed by atoms with Gasteiger partial charge in [0.15, 0.2) is 0 Å². The molecule has 3 aromatic rings. The summed E-state index contributed by atoms with van der Waals surface area (Å²) in [5, 5.41) is 7.08. The van der Waals surface area contributed by atoms with Gasteiger partial charge in [-0.3, -0.25) is 14.5 Å². The molecule has 112 valence electrons. The van der Waals surface area contributed by atoms with E-state index in [0.717, 1.165) is 5.56 Å². The number of amides is 1. The summed E-state index contributed by atoms with van der Waals surface area (Å²) in [4.78, 5) is 16.2. The van der Waals surface area contributed by atoms with Crippen molar-refractivity contribution in [1.29, 1.82) is 0 Å². The van der Waals surface area contributed by atoms with Crippen LogP contribution in [0.25, 0.3) is 0 Å². The van der Waals surface area contributed by atoms with E-state index in [-0.39, 0.29) is 5.91 Å². The molecule has 0 saturated heterocycles. The number of hydrogen-bond donors (Lipinski definition) is 1. The molecule has 3 aromatic heterocycles. The first kappa shape index (κ1) is 14.1. The summed E-state index contributed by atoms with van der Waals surface area (Å²) in [6.07, 6.45) is 9.12. The van der Waals surface area contributed by atoms with Crippen LogP contribution in [0.2, 0.25) is 0 Å². The van der Waals surface area contributed by atoms with Gasteiger partial charge in [0, 0.05) is 25.0 Å². The monoisotopic (exact) mass is 296 g/mol. The molecule has 0 unspecified atom stereocenters. The minimum Gasteiger partial charge on any atom is -0.469 e. The lowest BCUT2D eigenvalue weighted by molar-refractivity contribution is 0.102. The van der Waals surface area contributed by atoms with Gasteiger partial charge in [0.25, 0.3) is 5.91 Å². The zero-order valence-corrected chi connectivity index (χ0v) is 12.2. The van der Waals surface area contributed by atoms with E-state index in [1.54, 1.807) is 35.5 Å². The van der Waals surface area contributed by atoms with E-state index < -0.39 is 0 Å². The molecule has 0 aromatic carbocycles. The summed E-state index contributed by atoms with van der Waals surface area (Å²) in [7, 11) is 0. The maximum atomic E-state index is 12.2. The number of aryl methyl sites for hydroxylation is 1. The standard InChI is InChI=1S/C16H16N4O2/c1-2-15-14(5-8-22-15)16(21)19-13-9-18-20(11-13)10-12-3-6-17-7-4-12/h3-9,11H,2,10H2,1H3,(H,19,21). The quantitative estimate of drug-likeness (QED) is 0.785. The number of anilines is 1. The Hall–Kier alpha value is -2.89. The first-order chi connectivity index (χ1) is 10.8. The summed E-state index contributed by atoms with van der Waals surface area (Å²) >= 11 is 0. The maximum absolute atomic E-state index is 12.2. The second kappa shape index (κ2) is 6.26. The number of hydrogen-bond acceptors (Lipinski definition) is 4. The van der Waals surface area contributed by atoms with Gasteiger partial charge in [-0.1, -0.05) is 6.92 Å². The van der Waals surface area contributed by atoms with Gasteiger partial charge in [-0.25, -0.2) is 0 Å². The van der Waals surface area contributed by atoms with Gasteiger partial charge >= 0.3 is 0 Å². The van der Waals surface area contributed by atoms with E-state index in [1.807, 2.05) is 19.1 Å². The van der Waals surface area contributed by atoms with Crippen LogP contribution in [0.15, 0.2) is 53.7 Å². The summed E-state index contributed by atoms with van der Waals surface area (Å²) in [5.74, 6) is 0.496. The van der Waals surface area contributed by atoms with Crippen molar-refractivity contribution >= 4 is 11.6 Å². The minimum atomic E-state index is -0.186. The third kappa shape index (κ3) is 3.06. The van der Waals surface area contributed by atoms with Crippen LogP contribution in [0.1, 0.15) is 28.6 Å². The zero-order valence-electron chi connectivity index (χ0n) is 12.2. The van der Waals surface area contributed by atoms with E-state index in [0.29, 0.717) is 30.0 Å². The number of furan rings is 1. The first-order valence-electron chi connectivity index (χ1n) is 7.05. The van der Waals surface area contributed by atoms with Crippen LogP contribution in [0.5, 0.6) is 0 Å². The number of rotatable bonds is 5. The molecule has 6 heteroatoms. The van der Waals surface area contributed by atoms with Crippen LogP contribution in [-0.2, 0) is 13.0 Å². The Balaban J connectivity index is 1.68. The molecule has 6 nitrogen and oxygen atoms in total. The molecule has 0 fully saturated rings. The fourth-order valence-electron chi connectivity index (χ4n) is 2.21. The molecule has 0 saturated carbocycles. The highest BCUT2D eigenvalue weighted by atomic mass is 16.3. The van der Waals surface area contributed by atoms with E-state index in [1.165, 1.54) is 6.26 Å². The SMILES string of the molecule is CCc1occc1C(=O)Nc1cnn(Cc2ccncc2)c1. The fraction of sp³-hybridized carbons (Fsp3) is 0.188. The number of nitrogens with zero attached hydrogens (tertiary/aromatic N) is 3. The normalized spacial score (nSPS) is 10.6. The average molecular weight is 296 g/mol. The van der Waals surface area contributed by atoms with Crippen molar-refractivity contribution in [3.05, 3.63) is 66.1 Å². The number of nitrogens with one attached hydrogen (secondary N) is 1. The summed E-state index contributed by atoms with van der Waals surface area (Å²) in [5.41, 5.74) is 2.31. The molecular weight excluding hydrogens is 280 g/mol. The average Bonchev–Trinajstić information content (AvgIpc) is 3.17. The van der Waals surface area contributed by atoms with Crippen LogP contribution < -0.4 is 5.32 Å². The van der Waals surface area contributed by atoms with Gasteiger partial charge in [0.2, 0.25) is 0 Å². The lowest BCUT2D eigenvalue weighted by Crippen LogP contribution is -2.12. The molecule has 1 amide bonds. The second-order valence-corrected chi connectivity index (χ2v) is 4.85. The lowest BCUT2D eigenvalue weighted by Gasteiger charge is -2.02. The Bertz CT molecular complexity index is 761. The molecule has 0 aliphatic heterocycles. The van der Waals surface area contributed by atoms with Crippen LogP contribution >= 0.6 is 0 Å². The maximum Gasteiger partial charge on any atom is 0.259 e. The number of aromatic nitrogens is 3. The molecule has 22 heavy (non-hydrogen) atoms. The Morgan fingerprint density at radius 2 is 2.14 bits per heavy atom. The molecule has 1 N–H and O–H groups in total. The van der Waals surface area contributed by atoms with Crippen LogP contribution in [0.3, 0.4) is 0 Å². The molecule has 0 aliphatic carbocycles. The highest BCUT2D eigenvalue weighted by Gasteiger charge is 2.14. The molecule has 3 rings (SSSR count). The lowest BCUT2D eigenvalue weighted by atomic mass is 10.2. The second-order valence-electron chi connectivity index (χ2n) is 4.85. The van der Waals surface area contributed by atoms with Gasteiger partial charge < -0.3 is 9.73 Å². The zero-order chi connectivity index (χ0) is 15.4. The minimum absolute atomic E-state index is 0.186. The van der Waals surface area contributed by atoms with Crippen LogP contribution in [0.4, 0.5) is 5.69 Å². The molecule has 0 bridgehead atoms. The van der Waals surface area contributed by atoms with E-state index in [2.05, 4.69) is 15.4 Å². The summed E-state index contributed by atoms with van der Waals surface area (Å²) in [6.45, 7) is 2.58. The van der Waals surface area contributed by atoms with Gasteiger partial charge in [0.1, 0.15) is 5.76 Å². The Morgan fingerprint density at radius 1 is 1.32 bits per heavy atom. The van der Waals surface area contributed by atoms with E-state index in [4.69, 9.17) is 4.42 Å². The van der Waals surface area contributed by atoms with Crippen LogP contribution in [0, 0.1) is 0 Å². The largest absolute Gasteiger partial charge is 0.469 e. The van der Waals surface area contributed by atoms with E-state index in [9.17, 15) is 4.79 Å². The third-order valence-corrected chi connectivity index (χ3v) is 3.30. The number of carbonyl (C=O) groups excluding carboxylic acids is 1. The topological polar surface area (TPSA) is 73.0 Å². The predicted octanol–water partition coefficient (Wildman–Crippen LogP) is 2.73. The van der Waals surface area contributed by atoms with Crippen molar-refractivity contribution in [2.24, 2.45) is 0 Å². The Labute approximate surface area is 127 Å². The van der Waals surface area contributed by atoms with Gasteiger partial charge in [-0.15, -0.1) is 0 Å². The van der Waals surface area contributed by atoms with Crippen molar-refractivity contribution in [2.45, 2.75) is 19.9 Å². The smallest absolute Gasteiger partial charge is 0.259 e. The highest BCUT2D eigenvalue weighted by Crippen LogP contribution is 2.14. The number of pyridine rings is 1. The van der Waals surface area contributed by atoms with Crippen molar-refractivity contribution in [3.8, 4) is 0 Å². The molecule has 0 spiro atoms. The third-order valence-electron chi connectivity index (χ3n) is 3.30.